The maximum absolute atomic E-state index is 13.7. The second kappa shape index (κ2) is 8.42. The molecule has 9 heteroatoms. The molecular weight excluding hydrogens is 484 g/mol. The van der Waals surface area contributed by atoms with E-state index in [0.717, 1.165) is 40.6 Å². The van der Waals surface area contributed by atoms with Crippen LogP contribution in [0.25, 0.3) is 11.1 Å². The van der Waals surface area contributed by atoms with Crippen LogP contribution in [0.4, 0.5) is 10.5 Å². The monoisotopic (exact) mass is 506 g/mol. The fourth-order valence-corrected chi connectivity index (χ4v) is 6.57. The number of benzene rings is 2. The molecule has 0 spiro atoms. The summed E-state index contributed by atoms with van der Waals surface area (Å²) in [6.07, 6.45) is 2.76. The van der Waals surface area contributed by atoms with E-state index in [2.05, 4.69) is 11.4 Å². The van der Waals surface area contributed by atoms with E-state index in [0.29, 0.717) is 16.2 Å². The molecule has 3 aliphatic heterocycles. The van der Waals surface area contributed by atoms with Gasteiger partial charge in [-0.25, -0.2) is 4.79 Å². The van der Waals surface area contributed by atoms with Crippen molar-refractivity contribution in [1.82, 2.24) is 5.32 Å². The number of aromatic carboxylic acids is 1. The molecule has 0 aliphatic carbocycles. The van der Waals surface area contributed by atoms with Crippen molar-refractivity contribution in [3.8, 4) is 0 Å². The van der Waals surface area contributed by atoms with Crippen LogP contribution in [0.2, 0.25) is 0 Å². The maximum atomic E-state index is 13.7. The van der Waals surface area contributed by atoms with Gasteiger partial charge in [0.1, 0.15) is 0 Å². The summed E-state index contributed by atoms with van der Waals surface area (Å²) in [6, 6.07) is 10.9. The Hall–Kier alpha value is -3.30. The highest BCUT2D eigenvalue weighted by molar-refractivity contribution is 8.18. The Morgan fingerprint density at radius 1 is 1.14 bits per heavy atom. The lowest BCUT2D eigenvalue weighted by atomic mass is 9.87. The molecular formula is C26H22N2O5S2. The van der Waals surface area contributed by atoms with Gasteiger partial charge in [-0.2, -0.15) is 0 Å². The fraction of sp³-hybridized carbons (Fsp3) is 0.231. The molecule has 3 heterocycles. The quantitative estimate of drug-likeness (QED) is 0.437. The molecule has 3 aliphatic rings. The van der Waals surface area contributed by atoms with Gasteiger partial charge in [-0.3, -0.25) is 24.6 Å². The molecule has 2 N–H and O–H groups in total. The fourth-order valence-electron chi connectivity index (χ4n) is 4.76. The summed E-state index contributed by atoms with van der Waals surface area (Å²) < 4.78 is 0. The van der Waals surface area contributed by atoms with Gasteiger partial charge >= 0.3 is 5.97 Å². The molecule has 35 heavy (non-hydrogen) atoms. The van der Waals surface area contributed by atoms with E-state index in [9.17, 15) is 24.3 Å². The zero-order valence-electron chi connectivity index (χ0n) is 19.3. The Labute approximate surface area is 210 Å². The van der Waals surface area contributed by atoms with Crippen molar-refractivity contribution >= 4 is 63.4 Å². The zero-order chi connectivity index (χ0) is 25.1. The number of carboxylic acid groups (broad SMARTS) is 1. The van der Waals surface area contributed by atoms with Gasteiger partial charge in [0.15, 0.2) is 0 Å². The molecule has 7 nitrogen and oxygen atoms in total. The molecule has 5 rings (SSSR count). The predicted octanol–water partition coefficient (Wildman–Crippen LogP) is 4.96. The Morgan fingerprint density at radius 3 is 2.51 bits per heavy atom. The number of aryl methyl sites for hydroxylation is 1. The highest BCUT2D eigenvalue weighted by atomic mass is 32.2. The smallest absolute Gasteiger partial charge is 0.336 e. The third-order valence-corrected chi connectivity index (χ3v) is 8.29. The van der Waals surface area contributed by atoms with Gasteiger partial charge in [-0.1, -0.05) is 25.1 Å². The molecule has 1 fully saturated rings. The van der Waals surface area contributed by atoms with Crippen LogP contribution in [0.5, 0.6) is 0 Å². The van der Waals surface area contributed by atoms with E-state index < -0.39 is 22.7 Å². The normalized spacial score (nSPS) is 20.1. The molecule has 0 bridgehead atoms. The van der Waals surface area contributed by atoms with Crippen LogP contribution in [0.15, 0.2) is 52.3 Å². The minimum Gasteiger partial charge on any atom is -0.478 e. The summed E-state index contributed by atoms with van der Waals surface area (Å²) in [5.41, 5.74) is 4.08. The Morgan fingerprint density at radius 2 is 1.86 bits per heavy atom. The first-order valence-electron chi connectivity index (χ1n) is 11.1. The number of thioether (sulfide) groups is 2. The molecule has 0 unspecified atom stereocenters. The molecule has 178 valence electrons. The number of anilines is 1. The molecule has 2 aromatic carbocycles. The summed E-state index contributed by atoms with van der Waals surface area (Å²) in [5, 5.41) is 11.3. The van der Waals surface area contributed by atoms with Gasteiger partial charge in [-0.15, -0.1) is 11.8 Å². The number of rotatable bonds is 5. The average molecular weight is 507 g/mol. The number of nitrogens with zero attached hydrogens (tertiary/aromatic N) is 1. The SMILES string of the molecule is CCc1cc2c3c(c1)C(=C1SC(=O)NC1=O)C(=O)N3C(C)(C)C=C2CSc1ccccc1C(=O)O. The van der Waals surface area contributed by atoms with E-state index in [4.69, 9.17) is 0 Å². The number of hydrogen-bond acceptors (Lipinski definition) is 6. The first kappa shape index (κ1) is 23.4. The van der Waals surface area contributed by atoms with Crippen LogP contribution in [0, 0.1) is 0 Å². The van der Waals surface area contributed by atoms with Gasteiger partial charge in [0.2, 0.25) is 0 Å². The number of carboxylic acids is 1. The Kier molecular flexibility index (Phi) is 5.64. The first-order valence-corrected chi connectivity index (χ1v) is 12.9. The van der Waals surface area contributed by atoms with Gasteiger partial charge in [0.05, 0.1) is 27.3 Å². The summed E-state index contributed by atoms with van der Waals surface area (Å²) in [4.78, 5) is 52.3. The second-order valence-corrected chi connectivity index (χ2v) is 11.0. The van der Waals surface area contributed by atoms with Crippen molar-refractivity contribution in [3.63, 3.8) is 0 Å². The maximum Gasteiger partial charge on any atom is 0.336 e. The highest BCUT2D eigenvalue weighted by Crippen LogP contribution is 2.52. The lowest BCUT2D eigenvalue weighted by Crippen LogP contribution is -2.46. The number of imide groups is 1. The van der Waals surface area contributed by atoms with E-state index in [1.165, 1.54) is 11.8 Å². The van der Waals surface area contributed by atoms with Crippen LogP contribution >= 0.6 is 23.5 Å². The van der Waals surface area contributed by atoms with Crippen molar-refractivity contribution in [3.05, 3.63) is 69.6 Å². The highest BCUT2D eigenvalue weighted by Gasteiger charge is 2.48. The third kappa shape index (κ3) is 3.79. The van der Waals surface area contributed by atoms with E-state index in [1.54, 1.807) is 23.1 Å². The van der Waals surface area contributed by atoms with E-state index >= 15 is 0 Å². The van der Waals surface area contributed by atoms with Gasteiger partial charge in [0, 0.05) is 21.8 Å². The van der Waals surface area contributed by atoms with Gasteiger partial charge in [0.25, 0.3) is 17.1 Å². The summed E-state index contributed by atoms with van der Waals surface area (Å²) >= 11 is 2.20. The van der Waals surface area contributed by atoms with Crippen molar-refractivity contribution in [2.45, 2.75) is 37.6 Å². The van der Waals surface area contributed by atoms with Crippen molar-refractivity contribution in [1.29, 1.82) is 0 Å². The van der Waals surface area contributed by atoms with Crippen LogP contribution in [0.3, 0.4) is 0 Å². The molecule has 0 atom stereocenters. The molecule has 0 radical (unpaired) electrons. The molecule has 3 amide bonds. The number of hydrogen-bond donors (Lipinski definition) is 2. The van der Waals surface area contributed by atoms with Crippen LogP contribution in [0.1, 0.15) is 47.8 Å². The standard InChI is InChI=1S/C26H22N2O5S2/c1-4-13-9-16-14(12-34-18-8-6-5-7-15(18)24(31)32)11-26(2,3)28-20(16)17(10-13)19(23(28)30)21-22(29)27-25(33)35-21/h5-11H,4,12H2,1-3H3,(H,31,32)(H,27,29,33). The van der Waals surface area contributed by atoms with Crippen molar-refractivity contribution < 1.29 is 24.3 Å². The lowest BCUT2D eigenvalue weighted by molar-refractivity contribution is -0.116. The van der Waals surface area contributed by atoms with Gasteiger partial charge in [-0.05, 0) is 67.4 Å². The molecule has 2 aromatic rings. The average Bonchev–Trinajstić information content (AvgIpc) is 3.30. The lowest BCUT2D eigenvalue weighted by Gasteiger charge is -2.39. The largest absolute Gasteiger partial charge is 0.478 e. The number of carbonyl (C=O) groups excluding carboxylic acids is 3. The summed E-state index contributed by atoms with van der Waals surface area (Å²) in [5.74, 6) is -1.32. The number of amides is 3. The summed E-state index contributed by atoms with van der Waals surface area (Å²) in [6.45, 7) is 5.88. The Bertz CT molecular complexity index is 1410. The molecule has 0 saturated carbocycles. The van der Waals surface area contributed by atoms with Crippen LogP contribution in [-0.2, 0) is 16.0 Å². The third-order valence-electron chi connectivity index (χ3n) is 6.28. The van der Waals surface area contributed by atoms with E-state index in [1.807, 2.05) is 39.0 Å². The molecule has 1 saturated heterocycles. The minimum atomic E-state index is -0.977. The second-order valence-electron chi connectivity index (χ2n) is 8.99. The van der Waals surface area contributed by atoms with Crippen LogP contribution < -0.4 is 10.2 Å². The zero-order valence-corrected chi connectivity index (χ0v) is 20.9. The molecule has 0 aromatic heterocycles. The summed E-state index contributed by atoms with van der Waals surface area (Å²) in [7, 11) is 0. The first-order chi connectivity index (χ1) is 16.6. The van der Waals surface area contributed by atoms with Crippen LogP contribution in [-0.4, -0.2) is 39.4 Å². The predicted molar refractivity (Wildman–Crippen MR) is 138 cm³/mol. The van der Waals surface area contributed by atoms with E-state index in [-0.39, 0.29) is 21.9 Å². The number of nitrogens with one attached hydrogen (secondary N) is 1. The Balaban J connectivity index is 1.65. The van der Waals surface area contributed by atoms with Crippen molar-refractivity contribution in [2.75, 3.05) is 10.7 Å². The van der Waals surface area contributed by atoms with Crippen molar-refractivity contribution in [2.24, 2.45) is 0 Å². The topological polar surface area (TPSA) is 104 Å². The van der Waals surface area contributed by atoms with Gasteiger partial charge < -0.3 is 5.11 Å². The minimum absolute atomic E-state index is 0.131. The number of carbonyl (C=O) groups is 4.